The maximum Gasteiger partial charge on any atom is 0.279 e. The van der Waals surface area contributed by atoms with Crippen molar-refractivity contribution in [2.45, 2.75) is 19.9 Å². The van der Waals surface area contributed by atoms with Gasteiger partial charge in [-0.1, -0.05) is 0 Å². The first kappa shape index (κ1) is 16.1. The second-order valence-electron chi connectivity index (χ2n) is 5.09. The van der Waals surface area contributed by atoms with Gasteiger partial charge in [0.1, 0.15) is 5.82 Å². The van der Waals surface area contributed by atoms with Crippen molar-refractivity contribution in [1.82, 2.24) is 5.32 Å². The van der Waals surface area contributed by atoms with E-state index in [9.17, 15) is 14.0 Å². The molecule has 0 radical (unpaired) electrons. The number of rotatable bonds is 6. The predicted octanol–water partition coefficient (Wildman–Crippen LogP) is -0.196. The molecule has 110 valence electrons. The van der Waals surface area contributed by atoms with Gasteiger partial charge in [0.2, 0.25) is 0 Å². The van der Waals surface area contributed by atoms with E-state index in [1.165, 1.54) is 24.3 Å². The van der Waals surface area contributed by atoms with Gasteiger partial charge in [0, 0.05) is 11.7 Å². The third kappa shape index (κ3) is 6.29. The van der Waals surface area contributed by atoms with Crippen LogP contribution in [0.2, 0.25) is 0 Å². The summed E-state index contributed by atoms with van der Waals surface area (Å²) >= 11 is 0. The minimum absolute atomic E-state index is 0.0864. The minimum atomic E-state index is -0.351. The molecule has 0 aliphatic rings. The Kier molecular flexibility index (Phi) is 6.11. The van der Waals surface area contributed by atoms with Crippen molar-refractivity contribution >= 4 is 17.5 Å². The number of nitrogens with one attached hydrogen (secondary N) is 3. The number of quaternary nitrogens is 1. The van der Waals surface area contributed by atoms with E-state index in [1.807, 2.05) is 13.8 Å². The second kappa shape index (κ2) is 7.59. The quantitative estimate of drug-likeness (QED) is 0.677. The van der Waals surface area contributed by atoms with Crippen LogP contribution in [0.15, 0.2) is 24.3 Å². The molecule has 6 heteroatoms. The fraction of sp³-hybridized carbons (Fsp3) is 0.429. The summed E-state index contributed by atoms with van der Waals surface area (Å²) in [7, 11) is 1.77. The second-order valence-corrected chi connectivity index (χ2v) is 5.09. The highest BCUT2D eigenvalue weighted by atomic mass is 19.1. The molecule has 0 fully saturated rings. The standard InChI is InChI=1S/C14H20FN3O2/c1-10(2)16-13(19)8-18(3)9-14(20)17-12-6-4-11(15)5-7-12/h4-7,10H,8-9H2,1-3H3,(H,16,19)(H,17,20)/p+1. The van der Waals surface area contributed by atoms with E-state index in [-0.39, 0.29) is 36.8 Å². The summed E-state index contributed by atoms with van der Waals surface area (Å²) < 4.78 is 12.7. The number of carbonyl (C=O) groups excluding carboxylic acids is 2. The molecule has 0 aliphatic heterocycles. The van der Waals surface area contributed by atoms with Crippen LogP contribution in [0.1, 0.15) is 13.8 Å². The molecule has 0 spiro atoms. The number of likely N-dealkylation sites (N-methyl/N-ethyl adjacent to an activating group) is 1. The summed E-state index contributed by atoms with van der Waals surface area (Å²) in [6, 6.07) is 5.63. The van der Waals surface area contributed by atoms with Gasteiger partial charge in [-0.15, -0.1) is 0 Å². The van der Waals surface area contributed by atoms with Gasteiger partial charge in [0.05, 0.1) is 7.05 Å². The molecule has 5 nitrogen and oxygen atoms in total. The van der Waals surface area contributed by atoms with Crippen LogP contribution >= 0.6 is 0 Å². The van der Waals surface area contributed by atoms with Crippen molar-refractivity contribution in [1.29, 1.82) is 0 Å². The van der Waals surface area contributed by atoms with Crippen LogP contribution in [0, 0.1) is 5.82 Å². The third-order valence-corrected chi connectivity index (χ3v) is 2.50. The molecule has 1 atom stereocenters. The van der Waals surface area contributed by atoms with Crippen LogP contribution in [0.3, 0.4) is 0 Å². The zero-order valence-electron chi connectivity index (χ0n) is 12.0. The van der Waals surface area contributed by atoms with Crippen LogP contribution < -0.4 is 15.5 Å². The number of anilines is 1. The van der Waals surface area contributed by atoms with Gasteiger partial charge in [-0.3, -0.25) is 9.59 Å². The lowest BCUT2D eigenvalue weighted by molar-refractivity contribution is -0.862. The van der Waals surface area contributed by atoms with Gasteiger partial charge in [-0.05, 0) is 38.1 Å². The number of halogens is 1. The van der Waals surface area contributed by atoms with Crippen LogP contribution in [0.25, 0.3) is 0 Å². The zero-order chi connectivity index (χ0) is 15.1. The minimum Gasteiger partial charge on any atom is -0.349 e. The average Bonchev–Trinajstić information content (AvgIpc) is 2.30. The summed E-state index contributed by atoms with van der Waals surface area (Å²) in [6.45, 7) is 4.17. The van der Waals surface area contributed by atoms with E-state index in [0.717, 1.165) is 4.90 Å². The van der Waals surface area contributed by atoms with Gasteiger partial charge in [0.25, 0.3) is 11.8 Å². The number of carbonyl (C=O) groups is 2. The summed E-state index contributed by atoms with van der Waals surface area (Å²) in [5.41, 5.74) is 0.538. The number of hydrogen-bond acceptors (Lipinski definition) is 2. The fourth-order valence-corrected chi connectivity index (χ4v) is 1.72. The summed E-state index contributed by atoms with van der Waals surface area (Å²) in [6.07, 6.45) is 0. The summed E-state index contributed by atoms with van der Waals surface area (Å²) in [5.74, 6) is -0.658. The monoisotopic (exact) mass is 282 g/mol. The Bertz CT molecular complexity index is 460. The first-order valence-corrected chi connectivity index (χ1v) is 6.53. The Morgan fingerprint density at radius 3 is 2.25 bits per heavy atom. The van der Waals surface area contributed by atoms with Crippen LogP contribution in [0.4, 0.5) is 10.1 Å². The molecule has 0 aliphatic carbocycles. The van der Waals surface area contributed by atoms with Crippen molar-refractivity contribution in [2.24, 2.45) is 0 Å². The number of benzene rings is 1. The van der Waals surface area contributed by atoms with E-state index < -0.39 is 0 Å². The lowest BCUT2D eigenvalue weighted by Crippen LogP contribution is -3.11. The van der Waals surface area contributed by atoms with Crippen molar-refractivity contribution in [2.75, 3.05) is 25.5 Å². The van der Waals surface area contributed by atoms with E-state index >= 15 is 0 Å². The SMILES string of the molecule is CC(C)NC(=O)C[NH+](C)CC(=O)Nc1ccc(F)cc1. The van der Waals surface area contributed by atoms with Crippen LogP contribution in [0.5, 0.6) is 0 Å². The Labute approximate surface area is 118 Å². The van der Waals surface area contributed by atoms with E-state index in [2.05, 4.69) is 10.6 Å². The van der Waals surface area contributed by atoms with E-state index in [0.29, 0.717) is 5.69 Å². The molecule has 0 bridgehead atoms. The Morgan fingerprint density at radius 1 is 1.15 bits per heavy atom. The molecule has 0 saturated heterocycles. The smallest absolute Gasteiger partial charge is 0.279 e. The average molecular weight is 282 g/mol. The van der Waals surface area contributed by atoms with Crippen molar-refractivity contribution in [3.05, 3.63) is 30.1 Å². The zero-order valence-corrected chi connectivity index (χ0v) is 12.0. The van der Waals surface area contributed by atoms with Crippen molar-refractivity contribution in [3.63, 3.8) is 0 Å². The molecule has 3 N–H and O–H groups in total. The molecular weight excluding hydrogens is 261 g/mol. The lowest BCUT2D eigenvalue weighted by atomic mass is 10.3. The van der Waals surface area contributed by atoms with Gasteiger partial charge < -0.3 is 15.5 Å². The highest BCUT2D eigenvalue weighted by molar-refractivity contribution is 5.91. The van der Waals surface area contributed by atoms with Crippen molar-refractivity contribution in [3.8, 4) is 0 Å². The van der Waals surface area contributed by atoms with Gasteiger partial charge in [-0.25, -0.2) is 4.39 Å². The van der Waals surface area contributed by atoms with Gasteiger partial charge in [-0.2, -0.15) is 0 Å². The highest BCUT2D eigenvalue weighted by Crippen LogP contribution is 2.07. The van der Waals surface area contributed by atoms with Crippen LogP contribution in [-0.4, -0.2) is 38.0 Å². The Morgan fingerprint density at radius 2 is 1.70 bits per heavy atom. The molecule has 1 aromatic carbocycles. The molecular formula is C14H21FN3O2+. The largest absolute Gasteiger partial charge is 0.349 e. The fourth-order valence-electron chi connectivity index (χ4n) is 1.72. The number of hydrogen-bond donors (Lipinski definition) is 3. The molecule has 20 heavy (non-hydrogen) atoms. The normalized spacial score (nSPS) is 12.1. The molecule has 1 aromatic rings. The van der Waals surface area contributed by atoms with E-state index in [4.69, 9.17) is 0 Å². The maximum absolute atomic E-state index is 12.7. The van der Waals surface area contributed by atoms with E-state index in [1.54, 1.807) is 7.05 Å². The highest BCUT2D eigenvalue weighted by Gasteiger charge is 2.14. The Hall–Kier alpha value is -1.95. The molecule has 2 amide bonds. The Balaban J connectivity index is 2.38. The van der Waals surface area contributed by atoms with Crippen molar-refractivity contribution < 1.29 is 18.9 Å². The maximum atomic E-state index is 12.7. The van der Waals surface area contributed by atoms with Crippen LogP contribution in [-0.2, 0) is 9.59 Å². The molecule has 1 rings (SSSR count). The molecule has 0 saturated carbocycles. The summed E-state index contributed by atoms with van der Waals surface area (Å²) in [5, 5.41) is 5.43. The predicted molar refractivity (Wildman–Crippen MR) is 74.9 cm³/mol. The summed E-state index contributed by atoms with van der Waals surface area (Å²) in [4.78, 5) is 24.1. The topological polar surface area (TPSA) is 62.6 Å². The lowest BCUT2D eigenvalue weighted by Gasteiger charge is -2.14. The molecule has 1 unspecified atom stereocenters. The molecule has 0 heterocycles. The van der Waals surface area contributed by atoms with Gasteiger partial charge in [0.15, 0.2) is 13.1 Å². The first-order chi connectivity index (χ1) is 9.36. The van der Waals surface area contributed by atoms with Gasteiger partial charge >= 0.3 is 0 Å². The number of amides is 2. The third-order valence-electron chi connectivity index (χ3n) is 2.50. The first-order valence-electron chi connectivity index (χ1n) is 6.53. The molecule has 0 aromatic heterocycles.